The third-order valence-electron chi connectivity index (χ3n) is 2.48. The van der Waals surface area contributed by atoms with Crippen molar-refractivity contribution in [3.8, 4) is 6.07 Å². The van der Waals surface area contributed by atoms with Gasteiger partial charge < -0.3 is 10.3 Å². The Morgan fingerprint density at radius 1 is 1.22 bits per heavy atom. The van der Waals surface area contributed by atoms with Gasteiger partial charge in [0, 0.05) is 5.69 Å². The zero-order valence-corrected chi connectivity index (χ0v) is 9.25. The lowest BCUT2D eigenvalue weighted by atomic mass is 10.2. The van der Waals surface area contributed by atoms with Crippen LogP contribution in [0.1, 0.15) is 5.56 Å². The van der Waals surface area contributed by atoms with Crippen LogP contribution in [0.5, 0.6) is 0 Å². The van der Waals surface area contributed by atoms with Gasteiger partial charge in [0.05, 0.1) is 18.0 Å². The summed E-state index contributed by atoms with van der Waals surface area (Å²) in [6.07, 6.45) is 3.01. The van der Waals surface area contributed by atoms with Crippen molar-refractivity contribution in [1.82, 2.24) is 19.9 Å². The SMILES string of the molecule is N#Cc1cccc(Nc2ncnc3nc[nH]c23)c1. The number of hydrogen-bond donors (Lipinski definition) is 2. The van der Waals surface area contributed by atoms with E-state index < -0.39 is 0 Å². The van der Waals surface area contributed by atoms with E-state index in [0.717, 1.165) is 11.2 Å². The fourth-order valence-corrected chi connectivity index (χ4v) is 1.66. The van der Waals surface area contributed by atoms with Gasteiger partial charge in [0.2, 0.25) is 0 Å². The van der Waals surface area contributed by atoms with E-state index in [1.54, 1.807) is 18.5 Å². The van der Waals surface area contributed by atoms with Gasteiger partial charge in [-0.2, -0.15) is 5.26 Å². The number of benzene rings is 1. The second-order valence-electron chi connectivity index (χ2n) is 3.64. The Labute approximate surface area is 102 Å². The molecule has 0 bridgehead atoms. The van der Waals surface area contributed by atoms with Crippen LogP contribution in [0.25, 0.3) is 11.2 Å². The maximum Gasteiger partial charge on any atom is 0.182 e. The van der Waals surface area contributed by atoms with E-state index in [1.165, 1.54) is 6.33 Å². The quantitative estimate of drug-likeness (QED) is 0.709. The lowest BCUT2D eigenvalue weighted by molar-refractivity contribution is 1.20. The van der Waals surface area contributed by atoms with E-state index >= 15 is 0 Å². The van der Waals surface area contributed by atoms with Gasteiger partial charge in [-0.15, -0.1) is 0 Å². The van der Waals surface area contributed by atoms with Gasteiger partial charge in [0.1, 0.15) is 11.8 Å². The fraction of sp³-hybridized carbons (Fsp3) is 0. The molecule has 6 heteroatoms. The van der Waals surface area contributed by atoms with Crippen molar-refractivity contribution in [2.45, 2.75) is 0 Å². The molecule has 0 aliphatic rings. The van der Waals surface area contributed by atoms with Crippen molar-refractivity contribution < 1.29 is 0 Å². The monoisotopic (exact) mass is 236 g/mol. The number of nitriles is 1. The van der Waals surface area contributed by atoms with Crippen molar-refractivity contribution in [2.24, 2.45) is 0 Å². The van der Waals surface area contributed by atoms with Gasteiger partial charge in [0.15, 0.2) is 11.5 Å². The Morgan fingerprint density at radius 3 is 3.06 bits per heavy atom. The minimum atomic E-state index is 0.593. The first-order chi connectivity index (χ1) is 8.86. The van der Waals surface area contributed by atoms with Crippen LogP contribution in [0.2, 0.25) is 0 Å². The summed E-state index contributed by atoms with van der Waals surface area (Å²) < 4.78 is 0. The molecule has 2 aromatic heterocycles. The molecule has 0 aliphatic heterocycles. The summed E-state index contributed by atoms with van der Waals surface area (Å²) in [5.74, 6) is 0.632. The van der Waals surface area contributed by atoms with Gasteiger partial charge in [-0.1, -0.05) is 6.07 Å². The topological polar surface area (TPSA) is 90.3 Å². The average Bonchev–Trinajstić information content (AvgIpc) is 2.88. The largest absolute Gasteiger partial charge is 0.340 e. The van der Waals surface area contributed by atoms with Crippen molar-refractivity contribution >= 4 is 22.7 Å². The number of aromatic nitrogens is 4. The van der Waals surface area contributed by atoms with E-state index in [-0.39, 0.29) is 0 Å². The van der Waals surface area contributed by atoms with Crippen LogP contribution in [-0.2, 0) is 0 Å². The summed E-state index contributed by atoms with van der Waals surface area (Å²) in [4.78, 5) is 15.2. The number of nitrogens with one attached hydrogen (secondary N) is 2. The van der Waals surface area contributed by atoms with Crippen LogP contribution >= 0.6 is 0 Å². The number of H-pyrrole nitrogens is 1. The summed E-state index contributed by atoms with van der Waals surface area (Å²) in [5, 5.41) is 12.0. The van der Waals surface area contributed by atoms with Crippen LogP contribution in [-0.4, -0.2) is 19.9 Å². The summed E-state index contributed by atoms with van der Waals surface area (Å²) in [6.45, 7) is 0. The van der Waals surface area contributed by atoms with Crippen LogP contribution in [0, 0.1) is 11.3 Å². The van der Waals surface area contributed by atoms with Crippen LogP contribution in [0.3, 0.4) is 0 Å². The molecule has 3 rings (SSSR count). The number of hydrogen-bond acceptors (Lipinski definition) is 5. The van der Waals surface area contributed by atoms with Gasteiger partial charge in [-0.25, -0.2) is 15.0 Å². The average molecular weight is 236 g/mol. The van der Waals surface area contributed by atoms with E-state index in [0.29, 0.717) is 17.0 Å². The lowest BCUT2D eigenvalue weighted by Crippen LogP contribution is -1.96. The second kappa shape index (κ2) is 4.14. The molecule has 6 nitrogen and oxygen atoms in total. The van der Waals surface area contributed by atoms with Gasteiger partial charge in [0.25, 0.3) is 0 Å². The molecule has 2 heterocycles. The first kappa shape index (κ1) is 10.2. The highest BCUT2D eigenvalue weighted by Gasteiger charge is 2.05. The molecule has 86 valence electrons. The Kier molecular flexibility index (Phi) is 2.35. The summed E-state index contributed by atoms with van der Waals surface area (Å²) in [6, 6.07) is 9.27. The molecule has 2 N–H and O–H groups in total. The first-order valence-electron chi connectivity index (χ1n) is 5.28. The smallest absolute Gasteiger partial charge is 0.182 e. The molecular formula is C12H8N6. The second-order valence-corrected chi connectivity index (χ2v) is 3.64. The lowest BCUT2D eigenvalue weighted by Gasteiger charge is -2.05. The highest BCUT2D eigenvalue weighted by Crippen LogP contribution is 2.20. The Hall–Kier alpha value is -2.94. The highest BCUT2D eigenvalue weighted by atomic mass is 15.1. The van der Waals surface area contributed by atoms with Crippen molar-refractivity contribution in [3.63, 3.8) is 0 Å². The first-order valence-corrected chi connectivity index (χ1v) is 5.28. The predicted molar refractivity (Wildman–Crippen MR) is 66.1 cm³/mol. The van der Waals surface area contributed by atoms with E-state index in [2.05, 4.69) is 31.3 Å². The summed E-state index contributed by atoms with van der Waals surface area (Å²) in [5.41, 5.74) is 2.72. The molecule has 0 radical (unpaired) electrons. The van der Waals surface area contributed by atoms with E-state index in [4.69, 9.17) is 5.26 Å². The molecule has 0 unspecified atom stereocenters. The number of imidazole rings is 1. The number of rotatable bonds is 2. The highest BCUT2D eigenvalue weighted by molar-refractivity contribution is 5.84. The summed E-state index contributed by atoms with van der Waals surface area (Å²) >= 11 is 0. The summed E-state index contributed by atoms with van der Waals surface area (Å²) in [7, 11) is 0. The van der Waals surface area contributed by atoms with E-state index in [1.807, 2.05) is 12.1 Å². The molecule has 0 saturated heterocycles. The van der Waals surface area contributed by atoms with Crippen molar-refractivity contribution in [3.05, 3.63) is 42.5 Å². The van der Waals surface area contributed by atoms with Crippen molar-refractivity contribution in [1.29, 1.82) is 5.26 Å². The minimum Gasteiger partial charge on any atom is -0.340 e. The fourth-order valence-electron chi connectivity index (χ4n) is 1.66. The Bertz CT molecular complexity index is 739. The molecule has 0 spiro atoms. The number of aromatic amines is 1. The van der Waals surface area contributed by atoms with E-state index in [9.17, 15) is 0 Å². The number of nitrogens with zero attached hydrogens (tertiary/aromatic N) is 4. The Morgan fingerprint density at radius 2 is 2.17 bits per heavy atom. The van der Waals surface area contributed by atoms with Crippen LogP contribution in [0.15, 0.2) is 36.9 Å². The molecule has 1 aromatic carbocycles. The van der Waals surface area contributed by atoms with Crippen molar-refractivity contribution in [2.75, 3.05) is 5.32 Å². The maximum absolute atomic E-state index is 8.85. The molecule has 0 saturated carbocycles. The molecular weight excluding hydrogens is 228 g/mol. The van der Waals surface area contributed by atoms with Crippen LogP contribution in [0.4, 0.5) is 11.5 Å². The zero-order valence-electron chi connectivity index (χ0n) is 9.25. The molecule has 0 amide bonds. The minimum absolute atomic E-state index is 0.593. The molecule has 18 heavy (non-hydrogen) atoms. The molecule has 0 fully saturated rings. The normalized spacial score (nSPS) is 10.2. The molecule has 0 atom stereocenters. The van der Waals surface area contributed by atoms with Gasteiger partial charge >= 0.3 is 0 Å². The standard InChI is InChI=1S/C12H8N6/c13-5-8-2-1-3-9(4-8)18-12-10-11(15-6-14-10)16-7-17-12/h1-4,6-7H,(H2,14,15,16,17,18). The van der Waals surface area contributed by atoms with Gasteiger partial charge in [-0.05, 0) is 18.2 Å². The Balaban J connectivity index is 2.01. The number of fused-ring (bicyclic) bond motifs is 1. The maximum atomic E-state index is 8.85. The molecule has 3 aromatic rings. The predicted octanol–water partition coefficient (Wildman–Crippen LogP) is 1.97. The number of anilines is 2. The van der Waals surface area contributed by atoms with Gasteiger partial charge in [-0.3, -0.25) is 0 Å². The third kappa shape index (κ3) is 1.74. The molecule has 0 aliphatic carbocycles. The third-order valence-corrected chi connectivity index (χ3v) is 2.48. The zero-order chi connectivity index (χ0) is 12.4. The van der Waals surface area contributed by atoms with Crippen LogP contribution < -0.4 is 5.32 Å².